The van der Waals surface area contributed by atoms with E-state index in [0.29, 0.717) is 17.7 Å². The lowest BCUT2D eigenvalue weighted by atomic mass is 10.1. The average Bonchev–Trinajstić information content (AvgIpc) is 2.55. The second kappa shape index (κ2) is 6.91. The Balaban J connectivity index is 2.29. The van der Waals surface area contributed by atoms with Gasteiger partial charge in [0.25, 0.3) is 17.3 Å². The first-order valence-electron chi connectivity index (χ1n) is 6.27. The van der Waals surface area contributed by atoms with Crippen LogP contribution in [0.1, 0.15) is 15.9 Å². The van der Waals surface area contributed by atoms with Crippen LogP contribution in [0.4, 0.5) is 11.4 Å². The highest BCUT2D eigenvalue weighted by Crippen LogP contribution is 2.32. The molecule has 2 aromatic rings. The molecule has 0 aliphatic carbocycles. The molecule has 0 spiro atoms. The molecular formula is C13H8N5O6-. The molecule has 2 rings (SSSR count). The van der Waals surface area contributed by atoms with Crippen molar-refractivity contribution < 1.29 is 19.7 Å². The third-order valence-corrected chi connectivity index (χ3v) is 2.79. The van der Waals surface area contributed by atoms with Crippen LogP contribution in [0.25, 0.3) is 0 Å². The number of nitrogens with one attached hydrogen (secondary N) is 1. The standard InChI is InChI=1S/C13H9N5O6/c19-12-10(5-9(17(21)22)6-11(12)18(23)24)13(20)16-15-7-8-1-3-14-4-2-8/h1-7,19H,(H,16,20)/p-1/b15-7-. The second-order valence-electron chi connectivity index (χ2n) is 4.34. The lowest BCUT2D eigenvalue weighted by Crippen LogP contribution is -2.20. The summed E-state index contributed by atoms with van der Waals surface area (Å²) in [7, 11) is 0. The van der Waals surface area contributed by atoms with Crippen LogP contribution in [0.15, 0.2) is 41.8 Å². The molecule has 0 bridgehead atoms. The predicted molar refractivity (Wildman–Crippen MR) is 78.5 cm³/mol. The van der Waals surface area contributed by atoms with Gasteiger partial charge in [-0.3, -0.25) is 30.0 Å². The van der Waals surface area contributed by atoms with Crippen molar-refractivity contribution in [2.24, 2.45) is 5.10 Å². The summed E-state index contributed by atoms with van der Waals surface area (Å²) < 4.78 is 0. The van der Waals surface area contributed by atoms with E-state index >= 15 is 0 Å². The molecule has 1 aromatic carbocycles. The number of carbonyl (C=O) groups is 1. The Morgan fingerprint density at radius 2 is 1.83 bits per heavy atom. The molecular weight excluding hydrogens is 322 g/mol. The second-order valence-corrected chi connectivity index (χ2v) is 4.34. The van der Waals surface area contributed by atoms with Gasteiger partial charge in [0.15, 0.2) is 0 Å². The maximum absolute atomic E-state index is 11.9. The fourth-order valence-corrected chi connectivity index (χ4v) is 1.68. The number of aromatic nitrogens is 1. The zero-order valence-electron chi connectivity index (χ0n) is 11.8. The monoisotopic (exact) mass is 330 g/mol. The van der Waals surface area contributed by atoms with Gasteiger partial charge in [-0.25, -0.2) is 5.43 Å². The number of benzene rings is 1. The number of rotatable bonds is 5. The average molecular weight is 330 g/mol. The van der Waals surface area contributed by atoms with Gasteiger partial charge in [0.1, 0.15) is 0 Å². The quantitative estimate of drug-likeness (QED) is 0.479. The molecule has 11 nitrogen and oxygen atoms in total. The number of hydrogen-bond acceptors (Lipinski definition) is 8. The molecule has 24 heavy (non-hydrogen) atoms. The highest BCUT2D eigenvalue weighted by molar-refractivity contribution is 5.99. The van der Waals surface area contributed by atoms with Crippen LogP contribution in [0.2, 0.25) is 0 Å². The number of nitrogens with zero attached hydrogens (tertiary/aromatic N) is 4. The van der Waals surface area contributed by atoms with Crippen molar-refractivity contribution in [1.29, 1.82) is 0 Å². The number of carbonyl (C=O) groups excluding carboxylic acids is 1. The van der Waals surface area contributed by atoms with Crippen LogP contribution < -0.4 is 10.5 Å². The lowest BCUT2D eigenvalue weighted by Gasteiger charge is -2.11. The SMILES string of the molecule is O=C(N/N=C\c1ccncc1)c1cc([N+](=O)[O-])cc([N+](=O)[O-])c1[O-]. The largest absolute Gasteiger partial charge is 0.867 e. The Bertz CT molecular complexity index is 836. The highest BCUT2D eigenvalue weighted by atomic mass is 16.6. The normalized spacial score (nSPS) is 10.5. The van der Waals surface area contributed by atoms with Gasteiger partial charge in [-0.15, -0.1) is 0 Å². The summed E-state index contributed by atoms with van der Waals surface area (Å²) in [6, 6.07) is 4.34. The van der Waals surface area contributed by atoms with Crippen molar-refractivity contribution in [1.82, 2.24) is 10.4 Å². The number of hydrazone groups is 1. The van der Waals surface area contributed by atoms with Crippen LogP contribution in [-0.4, -0.2) is 27.0 Å². The van der Waals surface area contributed by atoms with Crippen LogP contribution in [-0.2, 0) is 0 Å². The lowest BCUT2D eigenvalue weighted by molar-refractivity contribution is -0.403. The number of nitro benzene ring substituents is 2. The first-order valence-corrected chi connectivity index (χ1v) is 6.27. The fraction of sp³-hybridized carbons (Fsp3) is 0. The van der Waals surface area contributed by atoms with Crippen LogP contribution in [0, 0.1) is 20.2 Å². The van der Waals surface area contributed by atoms with E-state index in [4.69, 9.17) is 0 Å². The summed E-state index contributed by atoms with van der Waals surface area (Å²) in [5.41, 5.74) is 0.0248. The van der Waals surface area contributed by atoms with Gasteiger partial charge in [-0.05, 0) is 23.4 Å². The first kappa shape index (κ1) is 16.5. The molecule has 0 atom stereocenters. The Labute approximate surface area is 133 Å². The minimum Gasteiger partial charge on any atom is -0.867 e. The molecule has 1 N–H and O–H groups in total. The van der Waals surface area contributed by atoms with Crippen molar-refractivity contribution in [3.63, 3.8) is 0 Å². The van der Waals surface area contributed by atoms with Gasteiger partial charge in [-0.2, -0.15) is 5.10 Å². The Kier molecular flexibility index (Phi) is 4.75. The van der Waals surface area contributed by atoms with Crippen LogP contribution >= 0.6 is 0 Å². The molecule has 0 fully saturated rings. The van der Waals surface area contributed by atoms with Crippen molar-refractivity contribution >= 4 is 23.5 Å². The zero-order chi connectivity index (χ0) is 17.7. The number of non-ortho nitro benzene ring substituents is 1. The number of hydrogen-bond donors (Lipinski definition) is 1. The van der Waals surface area contributed by atoms with Crippen molar-refractivity contribution in [2.75, 3.05) is 0 Å². The number of amides is 1. The van der Waals surface area contributed by atoms with E-state index in [0.717, 1.165) is 0 Å². The van der Waals surface area contributed by atoms with Gasteiger partial charge in [0.2, 0.25) is 0 Å². The van der Waals surface area contributed by atoms with Crippen molar-refractivity contribution in [2.45, 2.75) is 0 Å². The first-order chi connectivity index (χ1) is 11.4. The third-order valence-electron chi connectivity index (χ3n) is 2.79. The maximum atomic E-state index is 11.9. The van der Waals surface area contributed by atoms with E-state index in [2.05, 4.69) is 10.1 Å². The molecule has 0 radical (unpaired) electrons. The molecule has 11 heteroatoms. The number of pyridine rings is 1. The van der Waals surface area contributed by atoms with E-state index in [9.17, 15) is 30.1 Å². The van der Waals surface area contributed by atoms with Crippen molar-refractivity contribution in [3.05, 3.63) is 68.0 Å². The minimum absolute atomic E-state index is 0.499. The molecule has 1 aromatic heterocycles. The van der Waals surface area contributed by atoms with E-state index in [1.807, 2.05) is 5.43 Å². The molecule has 0 aliphatic heterocycles. The summed E-state index contributed by atoms with van der Waals surface area (Å²) in [6.45, 7) is 0. The van der Waals surface area contributed by atoms with Crippen LogP contribution in [0.5, 0.6) is 5.75 Å². The third kappa shape index (κ3) is 3.65. The smallest absolute Gasteiger partial charge is 0.277 e. The summed E-state index contributed by atoms with van der Waals surface area (Å²) in [6.07, 6.45) is 4.22. The van der Waals surface area contributed by atoms with Gasteiger partial charge >= 0.3 is 0 Å². The maximum Gasteiger partial charge on any atom is 0.277 e. The summed E-state index contributed by atoms with van der Waals surface area (Å²) in [4.78, 5) is 35.2. The van der Waals surface area contributed by atoms with E-state index in [-0.39, 0.29) is 0 Å². The Hall–Kier alpha value is -3.89. The van der Waals surface area contributed by atoms with Crippen LogP contribution in [0.3, 0.4) is 0 Å². The summed E-state index contributed by atoms with van der Waals surface area (Å²) in [5, 5.41) is 37.0. The molecule has 0 saturated carbocycles. The summed E-state index contributed by atoms with van der Waals surface area (Å²) in [5.74, 6) is -2.33. The van der Waals surface area contributed by atoms with E-state index in [1.54, 1.807) is 12.1 Å². The van der Waals surface area contributed by atoms with E-state index < -0.39 is 38.4 Å². The minimum atomic E-state index is -1.23. The van der Waals surface area contributed by atoms with Gasteiger partial charge in [0.05, 0.1) is 22.1 Å². The van der Waals surface area contributed by atoms with Crippen molar-refractivity contribution in [3.8, 4) is 5.75 Å². The summed E-state index contributed by atoms with van der Waals surface area (Å²) >= 11 is 0. The molecule has 122 valence electrons. The van der Waals surface area contributed by atoms with Gasteiger partial charge < -0.3 is 5.11 Å². The Morgan fingerprint density at radius 3 is 2.42 bits per heavy atom. The molecule has 0 aliphatic rings. The molecule has 1 amide bonds. The topological polar surface area (TPSA) is 164 Å². The predicted octanol–water partition coefficient (Wildman–Crippen LogP) is 0.735. The molecule has 1 heterocycles. The molecule has 0 unspecified atom stereocenters. The van der Waals surface area contributed by atoms with Gasteiger partial charge in [0, 0.05) is 24.0 Å². The molecule has 0 saturated heterocycles. The Morgan fingerprint density at radius 1 is 1.17 bits per heavy atom. The highest BCUT2D eigenvalue weighted by Gasteiger charge is 2.22. The zero-order valence-corrected chi connectivity index (χ0v) is 11.8. The number of nitro groups is 2. The fourth-order valence-electron chi connectivity index (χ4n) is 1.68. The van der Waals surface area contributed by atoms with Gasteiger partial charge in [-0.1, -0.05) is 0 Å². The van der Waals surface area contributed by atoms with E-state index in [1.165, 1.54) is 18.6 Å².